The monoisotopic (exact) mass is 255 g/mol. The van der Waals surface area contributed by atoms with E-state index in [2.05, 4.69) is 31.0 Å². The molecule has 0 aromatic heterocycles. The molecule has 0 aliphatic carbocycles. The molecular weight excluding hydrogens is 226 g/mol. The van der Waals surface area contributed by atoms with Crippen molar-refractivity contribution in [3.8, 4) is 0 Å². The largest absolute Gasteiger partial charge is 0.336 e. The normalized spacial score (nSPS) is 17.2. The minimum absolute atomic E-state index is 0.128. The molecule has 1 saturated heterocycles. The van der Waals surface area contributed by atoms with Crippen LogP contribution in [0.5, 0.6) is 0 Å². The van der Waals surface area contributed by atoms with Crippen LogP contribution >= 0.6 is 0 Å². The summed E-state index contributed by atoms with van der Waals surface area (Å²) in [6.45, 7) is 11.7. The Labute approximate surface area is 112 Å². The molecule has 18 heavy (non-hydrogen) atoms. The minimum Gasteiger partial charge on any atom is -0.336 e. The van der Waals surface area contributed by atoms with Crippen LogP contribution in [0, 0.1) is 0 Å². The maximum Gasteiger partial charge on any atom is 0.317 e. The third kappa shape index (κ3) is 5.25. The van der Waals surface area contributed by atoms with Gasteiger partial charge in [0.15, 0.2) is 0 Å². The van der Waals surface area contributed by atoms with Gasteiger partial charge in [-0.2, -0.15) is 0 Å². The van der Waals surface area contributed by atoms with Gasteiger partial charge in [-0.3, -0.25) is 0 Å². The fraction of sp³-hybridized carbons (Fsp3) is 0.929. The molecule has 1 aliphatic rings. The first-order chi connectivity index (χ1) is 8.67. The van der Waals surface area contributed by atoms with Gasteiger partial charge in [-0.05, 0) is 52.2 Å². The van der Waals surface area contributed by atoms with E-state index in [9.17, 15) is 4.79 Å². The lowest BCUT2D eigenvalue weighted by molar-refractivity contribution is 0.204. The fourth-order valence-electron chi connectivity index (χ4n) is 2.46. The summed E-state index contributed by atoms with van der Waals surface area (Å²) in [7, 11) is 0. The molecule has 1 heterocycles. The van der Waals surface area contributed by atoms with E-state index in [1.807, 2.05) is 4.90 Å². The van der Waals surface area contributed by atoms with Gasteiger partial charge in [-0.25, -0.2) is 4.79 Å². The average Bonchev–Trinajstić information content (AvgIpc) is 2.88. The Kier molecular flexibility index (Phi) is 7.09. The van der Waals surface area contributed by atoms with Gasteiger partial charge in [0.1, 0.15) is 0 Å². The smallest absolute Gasteiger partial charge is 0.317 e. The Bertz CT molecular complexity index is 235. The number of rotatable bonds is 7. The second kappa shape index (κ2) is 8.35. The summed E-state index contributed by atoms with van der Waals surface area (Å²) in [6.07, 6.45) is 4.53. The van der Waals surface area contributed by atoms with Crippen molar-refractivity contribution >= 4 is 6.03 Å². The summed E-state index contributed by atoms with van der Waals surface area (Å²) >= 11 is 0. The van der Waals surface area contributed by atoms with Gasteiger partial charge >= 0.3 is 6.03 Å². The molecule has 106 valence electrons. The number of urea groups is 1. The number of nitrogens with one attached hydrogen (secondary N) is 1. The molecule has 2 amide bonds. The van der Waals surface area contributed by atoms with Crippen LogP contribution in [0.15, 0.2) is 0 Å². The molecule has 1 rings (SSSR count). The van der Waals surface area contributed by atoms with Crippen LogP contribution in [0.2, 0.25) is 0 Å². The van der Waals surface area contributed by atoms with Gasteiger partial charge in [0.05, 0.1) is 0 Å². The highest BCUT2D eigenvalue weighted by Gasteiger charge is 2.18. The van der Waals surface area contributed by atoms with Crippen LogP contribution in [-0.2, 0) is 0 Å². The Balaban J connectivity index is 2.12. The van der Waals surface area contributed by atoms with Gasteiger partial charge in [0, 0.05) is 19.1 Å². The Hall–Kier alpha value is -0.770. The number of nitrogens with zero attached hydrogens (tertiary/aromatic N) is 2. The molecule has 4 heteroatoms. The van der Waals surface area contributed by atoms with E-state index >= 15 is 0 Å². The van der Waals surface area contributed by atoms with E-state index in [-0.39, 0.29) is 12.1 Å². The summed E-state index contributed by atoms with van der Waals surface area (Å²) in [5, 5.41) is 3.10. The SMILES string of the molecule is CCN(CC)CCCC(C)NC(=O)N1CCCC1. The zero-order chi connectivity index (χ0) is 13.4. The van der Waals surface area contributed by atoms with E-state index in [0.717, 1.165) is 58.4 Å². The number of amides is 2. The second-order valence-corrected chi connectivity index (χ2v) is 5.21. The van der Waals surface area contributed by atoms with Crippen molar-refractivity contribution in [1.82, 2.24) is 15.1 Å². The predicted octanol–water partition coefficient (Wildman–Crippen LogP) is 2.30. The van der Waals surface area contributed by atoms with Gasteiger partial charge in [-0.1, -0.05) is 13.8 Å². The Morgan fingerprint density at radius 1 is 1.28 bits per heavy atom. The molecule has 0 aromatic carbocycles. The van der Waals surface area contributed by atoms with E-state index in [1.54, 1.807) is 0 Å². The van der Waals surface area contributed by atoms with Crippen LogP contribution in [0.25, 0.3) is 0 Å². The van der Waals surface area contributed by atoms with Crippen LogP contribution < -0.4 is 5.32 Å². The van der Waals surface area contributed by atoms with Gasteiger partial charge in [-0.15, -0.1) is 0 Å². The molecule has 1 aliphatic heterocycles. The van der Waals surface area contributed by atoms with E-state index < -0.39 is 0 Å². The third-order valence-electron chi connectivity index (χ3n) is 3.77. The summed E-state index contributed by atoms with van der Waals surface area (Å²) in [5.41, 5.74) is 0. The van der Waals surface area contributed by atoms with Gasteiger partial charge < -0.3 is 15.1 Å². The van der Waals surface area contributed by atoms with Gasteiger partial charge in [0.25, 0.3) is 0 Å². The summed E-state index contributed by atoms with van der Waals surface area (Å²) in [4.78, 5) is 16.2. The summed E-state index contributed by atoms with van der Waals surface area (Å²) in [5.74, 6) is 0. The highest BCUT2D eigenvalue weighted by atomic mass is 16.2. The zero-order valence-corrected chi connectivity index (χ0v) is 12.2. The van der Waals surface area contributed by atoms with Crippen LogP contribution in [-0.4, -0.2) is 54.6 Å². The number of carbonyl (C=O) groups excluding carboxylic acids is 1. The molecule has 0 saturated carbocycles. The fourth-order valence-corrected chi connectivity index (χ4v) is 2.46. The topological polar surface area (TPSA) is 35.6 Å². The molecule has 1 N–H and O–H groups in total. The van der Waals surface area contributed by atoms with Gasteiger partial charge in [0.2, 0.25) is 0 Å². The average molecular weight is 255 g/mol. The van der Waals surface area contributed by atoms with Crippen LogP contribution in [0.3, 0.4) is 0 Å². The van der Waals surface area contributed by atoms with E-state index in [0.29, 0.717) is 0 Å². The first-order valence-electron chi connectivity index (χ1n) is 7.45. The molecule has 0 aromatic rings. The molecule has 1 fully saturated rings. The summed E-state index contributed by atoms with van der Waals surface area (Å²) < 4.78 is 0. The molecule has 0 bridgehead atoms. The maximum atomic E-state index is 11.9. The number of likely N-dealkylation sites (tertiary alicyclic amines) is 1. The quantitative estimate of drug-likeness (QED) is 0.757. The van der Waals surface area contributed by atoms with Crippen LogP contribution in [0.1, 0.15) is 46.5 Å². The van der Waals surface area contributed by atoms with Crippen molar-refractivity contribution in [3.63, 3.8) is 0 Å². The minimum atomic E-state index is 0.128. The predicted molar refractivity (Wildman–Crippen MR) is 75.8 cm³/mol. The molecular formula is C14H29N3O. The molecule has 0 spiro atoms. The van der Waals surface area contributed by atoms with Crippen molar-refractivity contribution in [2.75, 3.05) is 32.7 Å². The van der Waals surface area contributed by atoms with Crippen molar-refractivity contribution < 1.29 is 4.79 Å². The molecule has 1 atom stereocenters. The Morgan fingerprint density at radius 2 is 1.89 bits per heavy atom. The number of hydrogen-bond acceptors (Lipinski definition) is 2. The van der Waals surface area contributed by atoms with Crippen molar-refractivity contribution in [3.05, 3.63) is 0 Å². The summed E-state index contributed by atoms with van der Waals surface area (Å²) in [6, 6.07) is 0.413. The lowest BCUT2D eigenvalue weighted by Gasteiger charge is -2.22. The first-order valence-corrected chi connectivity index (χ1v) is 7.45. The van der Waals surface area contributed by atoms with Crippen molar-refractivity contribution in [2.45, 2.75) is 52.5 Å². The van der Waals surface area contributed by atoms with E-state index in [1.165, 1.54) is 0 Å². The van der Waals surface area contributed by atoms with E-state index in [4.69, 9.17) is 0 Å². The number of carbonyl (C=O) groups is 1. The first kappa shape index (κ1) is 15.3. The number of hydrogen-bond donors (Lipinski definition) is 1. The Morgan fingerprint density at radius 3 is 2.44 bits per heavy atom. The maximum absolute atomic E-state index is 11.9. The zero-order valence-electron chi connectivity index (χ0n) is 12.2. The highest BCUT2D eigenvalue weighted by molar-refractivity contribution is 5.74. The van der Waals surface area contributed by atoms with Crippen LogP contribution in [0.4, 0.5) is 4.79 Å². The molecule has 0 radical (unpaired) electrons. The second-order valence-electron chi connectivity index (χ2n) is 5.21. The highest BCUT2D eigenvalue weighted by Crippen LogP contribution is 2.08. The molecule has 4 nitrogen and oxygen atoms in total. The van der Waals surface area contributed by atoms with Crippen molar-refractivity contribution in [2.24, 2.45) is 0 Å². The third-order valence-corrected chi connectivity index (χ3v) is 3.77. The molecule has 1 unspecified atom stereocenters. The lowest BCUT2D eigenvalue weighted by atomic mass is 10.2. The standard InChI is InChI=1S/C14H29N3O/c1-4-16(5-2)10-8-9-13(3)15-14(18)17-11-6-7-12-17/h13H,4-12H2,1-3H3,(H,15,18). The lowest BCUT2D eigenvalue weighted by Crippen LogP contribution is -2.42. The van der Waals surface area contributed by atoms with Crippen molar-refractivity contribution in [1.29, 1.82) is 0 Å².